The number of carbonyl (C=O) groups excluding carboxylic acids is 1. The molecule has 2 aliphatic heterocycles. The molecule has 0 radical (unpaired) electrons. The van der Waals surface area contributed by atoms with Crippen LogP contribution in [0.5, 0.6) is 0 Å². The molecule has 3 rings (SSSR count). The van der Waals surface area contributed by atoms with Gasteiger partial charge in [0.15, 0.2) is 0 Å². The molecule has 1 aliphatic carbocycles. The number of hydrogen-bond acceptors (Lipinski definition) is 4. The standard InChI is InChI=1S/C14H24N2O4S/c1-21(18,19)16-6-5-14(11-16)4-2-3-12(14)13(17)15-7-9-20-10-8-15/h12H,2-11H2,1H3/t12-,14+/m0/s1. The minimum Gasteiger partial charge on any atom is -0.378 e. The smallest absolute Gasteiger partial charge is 0.226 e. The Hall–Kier alpha value is -0.660. The molecule has 0 aromatic rings. The molecule has 6 nitrogen and oxygen atoms in total. The maximum atomic E-state index is 12.8. The Kier molecular flexibility index (Phi) is 4.00. The number of amides is 1. The zero-order chi connectivity index (χ0) is 15.1. The number of rotatable bonds is 2. The van der Waals surface area contributed by atoms with Crippen molar-refractivity contribution < 1.29 is 17.9 Å². The first-order valence-corrected chi connectivity index (χ1v) is 9.59. The molecule has 0 N–H and O–H groups in total. The van der Waals surface area contributed by atoms with Crippen LogP contribution in [0.4, 0.5) is 0 Å². The molecule has 0 unspecified atom stereocenters. The first-order valence-electron chi connectivity index (χ1n) is 7.74. The van der Waals surface area contributed by atoms with Gasteiger partial charge in [-0.3, -0.25) is 4.79 Å². The second kappa shape index (κ2) is 5.52. The van der Waals surface area contributed by atoms with Crippen molar-refractivity contribution in [1.82, 2.24) is 9.21 Å². The largest absolute Gasteiger partial charge is 0.378 e. The fourth-order valence-corrected chi connectivity index (χ4v) is 5.07. The lowest BCUT2D eigenvalue weighted by Gasteiger charge is -2.36. The van der Waals surface area contributed by atoms with Crippen LogP contribution in [0.1, 0.15) is 25.7 Å². The van der Waals surface area contributed by atoms with Crippen molar-refractivity contribution in [2.24, 2.45) is 11.3 Å². The molecule has 120 valence electrons. The molecule has 1 amide bonds. The van der Waals surface area contributed by atoms with Gasteiger partial charge >= 0.3 is 0 Å². The summed E-state index contributed by atoms with van der Waals surface area (Å²) in [5.41, 5.74) is -0.127. The van der Waals surface area contributed by atoms with Crippen molar-refractivity contribution in [3.8, 4) is 0 Å². The average Bonchev–Trinajstić information content (AvgIpc) is 3.07. The monoisotopic (exact) mass is 316 g/mol. The summed E-state index contributed by atoms with van der Waals surface area (Å²) in [6.07, 6.45) is 4.98. The van der Waals surface area contributed by atoms with E-state index in [0.717, 1.165) is 25.7 Å². The second-order valence-corrected chi connectivity index (χ2v) is 8.57. The minimum atomic E-state index is -3.15. The van der Waals surface area contributed by atoms with Gasteiger partial charge in [0.2, 0.25) is 15.9 Å². The maximum absolute atomic E-state index is 12.8. The molecular weight excluding hydrogens is 292 g/mol. The van der Waals surface area contributed by atoms with Crippen molar-refractivity contribution in [2.45, 2.75) is 25.7 Å². The van der Waals surface area contributed by atoms with Crippen molar-refractivity contribution in [1.29, 1.82) is 0 Å². The Labute approximate surface area is 126 Å². The van der Waals surface area contributed by atoms with Gasteiger partial charge in [-0.25, -0.2) is 12.7 Å². The van der Waals surface area contributed by atoms with E-state index >= 15 is 0 Å². The van der Waals surface area contributed by atoms with Crippen LogP contribution in [0.15, 0.2) is 0 Å². The third-order valence-electron chi connectivity index (χ3n) is 5.35. The Balaban J connectivity index is 1.75. The number of ether oxygens (including phenoxy) is 1. The lowest BCUT2D eigenvalue weighted by atomic mass is 9.76. The summed E-state index contributed by atoms with van der Waals surface area (Å²) in [5, 5.41) is 0. The van der Waals surface area contributed by atoms with Gasteiger partial charge in [0.1, 0.15) is 0 Å². The first kappa shape index (κ1) is 15.2. The number of carbonyl (C=O) groups is 1. The number of nitrogens with zero attached hydrogens (tertiary/aromatic N) is 2. The second-order valence-electron chi connectivity index (χ2n) is 6.59. The van der Waals surface area contributed by atoms with E-state index in [4.69, 9.17) is 4.74 Å². The Bertz CT molecular complexity index is 515. The van der Waals surface area contributed by atoms with Crippen LogP contribution in [0.3, 0.4) is 0 Å². The van der Waals surface area contributed by atoms with Gasteiger partial charge in [-0.15, -0.1) is 0 Å². The van der Waals surface area contributed by atoms with Crippen LogP contribution in [0, 0.1) is 11.3 Å². The van der Waals surface area contributed by atoms with Crippen LogP contribution in [-0.2, 0) is 19.6 Å². The van der Waals surface area contributed by atoms with E-state index < -0.39 is 10.0 Å². The predicted octanol–water partition coefficient (Wildman–Crippen LogP) is 0.297. The molecule has 0 aromatic carbocycles. The van der Waals surface area contributed by atoms with Gasteiger partial charge in [-0.05, 0) is 24.7 Å². The van der Waals surface area contributed by atoms with Gasteiger partial charge < -0.3 is 9.64 Å². The molecule has 0 aromatic heterocycles. The summed E-state index contributed by atoms with van der Waals surface area (Å²) in [6, 6.07) is 0. The number of sulfonamides is 1. The summed E-state index contributed by atoms with van der Waals surface area (Å²) in [5.74, 6) is 0.202. The summed E-state index contributed by atoms with van der Waals surface area (Å²) >= 11 is 0. The van der Waals surface area contributed by atoms with E-state index in [0.29, 0.717) is 39.4 Å². The maximum Gasteiger partial charge on any atom is 0.226 e. The van der Waals surface area contributed by atoms with Crippen LogP contribution in [0.25, 0.3) is 0 Å². The molecule has 7 heteroatoms. The van der Waals surface area contributed by atoms with Crippen LogP contribution in [-0.4, -0.2) is 69.2 Å². The first-order chi connectivity index (χ1) is 9.92. The van der Waals surface area contributed by atoms with Crippen LogP contribution in [0.2, 0.25) is 0 Å². The normalized spacial score (nSPS) is 34.7. The molecule has 1 spiro atoms. The van der Waals surface area contributed by atoms with Gasteiger partial charge in [0.05, 0.1) is 19.5 Å². The third kappa shape index (κ3) is 2.83. The van der Waals surface area contributed by atoms with Gasteiger partial charge in [-0.1, -0.05) is 6.42 Å². The van der Waals surface area contributed by atoms with Crippen LogP contribution >= 0.6 is 0 Å². The highest BCUT2D eigenvalue weighted by atomic mass is 32.2. The van der Waals surface area contributed by atoms with Crippen molar-refractivity contribution in [3.05, 3.63) is 0 Å². The highest BCUT2D eigenvalue weighted by Gasteiger charge is 2.52. The fraction of sp³-hybridized carbons (Fsp3) is 0.929. The Morgan fingerprint density at radius 2 is 1.90 bits per heavy atom. The van der Waals surface area contributed by atoms with Gasteiger partial charge in [-0.2, -0.15) is 0 Å². The molecule has 21 heavy (non-hydrogen) atoms. The lowest BCUT2D eigenvalue weighted by molar-refractivity contribution is -0.142. The molecule has 2 atom stereocenters. The molecule has 3 aliphatic rings. The highest BCUT2D eigenvalue weighted by molar-refractivity contribution is 7.88. The molecular formula is C14H24N2O4S. The zero-order valence-corrected chi connectivity index (χ0v) is 13.4. The van der Waals surface area contributed by atoms with E-state index in [1.807, 2.05) is 4.90 Å². The number of morpholine rings is 1. The minimum absolute atomic E-state index is 0.0117. The van der Waals surface area contributed by atoms with E-state index in [9.17, 15) is 13.2 Å². The average molecular weight is 316 g/mol. The molecule has 3 fully saturated rings. The predicted molar refractivity (Wildman–Crippen MR) is 78.2 cm³/mol. The summed E-state index contributed by atoms with van der Waals surface area (Å²) in [6.45, 7) is 3.64. The molecule has 2 heterocycles. The number of hydrogen-bond donors (Lipinski definition) is 0. The molecule has 1 saturated carbocycles. The van der Waals surface area contributed by atoms with E-state index in [-0.39, 0.29) is 17.2 Å². The van der Waals surface area contributed by atoms with E-state index in [1.165, 1.54) is 6.26 Å². The van der Waals surface area contributed by atoms with Crippen molar-refractivity contribution >= 4 is 15.9 Å². The molecule has 0 bridgehead atoms. The summed E-state index contributed by atoms with van der Waals surface area (Å²) < 4.78 is 30.4. The Morgan fingerprint density at radius 3 is 2.52 bits per heavy atom. The zero-order valence-electron chi connectivity index (χ0n) is 12.6. The molecule has 2 saturated heterocycles. The highest BCUT2D eigenvalue weighted by Crippen LogP contribution is 2.50. The fourth-order valence-electron chi connectivity index (χ4n) is 4.16. The van der Waals surface area contributed by atoms with E-state index in [1.54, 1.807) is 4.31 Å². The quantitative estimate of drug-likeness (QED) is 0.735. The van der Waals surface area contributed by atoms with Gasteiger partial charge in [0.25, 0.3) is 0 Å². The summed E-state index contributed by atoms with van der Waals surface area (Å²) in [7, 11) is -3.15. The SMILES string of the molecule is CS(=O)(=O)N1CC[C@]2(CCC[C@H]2C(=O)N2CCOCC2)C1. The summed E-state index contributed by atoms with van der Waals surface area (Å²) in [4.78, 5) is 14.7. The topological polar surface area (TPSA) is 66.9 Å². The van der Waals surface area contributed by atoms with Crippen molar-refractivity contribution in [2.75, 3.05) is 45.6 Å². The third-order valence-corrected chi connectivity index (χ3v) is 6.60. The Morgan fingerprint density at radius 1 is 1.19 bits per heavy atom. The van der Waals surface area contributed by atoms with Crippen LogP contribution < -0.4 is 0 Å². The van der Waals surface area contributed by atoms with Gasteiger partial charge in [0, 0.05) is 32.1 Å². The lowest BCUT2D eigenvalue weighted by Crippen LogP contribution is -2.47. The van der Waals surface area contributed by atoms with E-state index in [2.05, 4.69) is 0 Å². The van der Waals surface area contributed by atoms with Crippen molar-refractivity contribution in [3.63, 3.8) is 0 Å².